The van der Waals surface area contributed by atoms with Gasteiger partial charge >= 0.3 is 0 Å². The van der Waals surface area contributed by atoms with E-state index in [1.54, 1.807) is 0 Å². The number of rotatable bonds is 3. The van der Waals surface area contributed by atoms with Crippen LogP contribution in [-0.2, 0) is 13.0 Å². The van der Waals surface area contributed by atoms with Crippen LogP contribution < -0.4 is 10.6 Å². The fourth-order valence-corrected chi connectivity index (χ4v) is 2.42. The monoisotopic (exact) mass is 216 g/mol. The van der Waals surface area contributed by atoms with Crippen molar-refractivity contribution in [2.75, 3.05) is 11.9 Å². The second kappa shape index (κ2) is 3.77. The molecular weight excluding hydrogens is 196 g/mol. The Morgan fingerprint density at radius 2 is 2.25 bits per heavy atom. The first-order valence-electron chi connectivity index (χ1n) is 6.37. The number of nitrogens with one attached hydrogen (secondary N) is 2. The zero-order valence-electron chi connectivity index (χ0n) is 9.97. The molecule has 86 valence electrons. The van der Waals surface area contributed by atoms with E-state index in [9.17, 15) is 0 Å². The second-order valence-corrected chi connectivity index (χ2v) is 5.39. The minimum atomic E-state index is 0.435. The predicted octanol–water partition coefficient (Wildman–Crippen LogP) is 2.69. The highest BCUT2D eigenvalue weighted by Gasteiger charge is 2.36. The minimum Gasteiger partial charge on any atom is -0.385 e. The zero-order chi connectivity index (χ0) is 11.0. The predicted molar refractivity (Wildman–Crippen MR) is 67.7 cm³/mol. The molecule has 1 aliphatic heterocycles. The first-order chi connectivity index (χ1) is 7.77. The molecule has 0 aromatic heterocycles. The van der Waals surface area contributed by atoms with Crippen LogP contribution in [0.2, 0.25) is 0 Å². The van der Waals surface area contributed by atoms with Crippen LogP contribution in [0, 0.1) is 0 Å². The first-order valence-corrected chi connectivity index (χ1v) is 6.37. The fraction of sp³-hybridized carbons (Fsp3) is 0.571. The molecule has 2 aliphatic rings. The summed E-state index contributed by atoms with van der Waals surface area (Å²) < 4.78 is 0. The summed E-state index contributed by atoms with van der Waals surface area (Å²) in [5, 5.41) is 7.16. The molecule has 0 bridgehead atoms. The molecule has 2 nitrogen and oxygen atoms in total. The van der Waals surface area contributed by atoms with E-state index in [-0.39, 0.29) is 0 Å². The molecule has 0 spiro atoms. The van der Waals surface area contributed by atoms with Crippen molar-refractivity contribution in [1.82, 2.24) is 5.32 Å². The molecular formula is C14H20N2. The van der Waals surface area contributed by atoms with E-state index in [0.717, 1.165) is 13.1 Å². The lowest BCUT2D eigenvalue weighted by Crippen LogP contribution is -2.28. The van der Waals surface area contributed by atoms with E-state index in [0.29, 0.717) is 5.54 Å². The molecule has 0 amide bonds. The van der Waals surface area contributed by atoms with Crippen LogP contribution in [0.4, 0.5) is 5.69 Å². The van der Waals surface area contributed by atoms with E-state index in [2.05, 4.69) is 35.8 Å². The highest BCUT2D eigenvalue weighted by Crippen LogP contribution is 2.35. The molecule has 2 N–H and O–H groups in total. The molecule has 0 radical (unpaired) electrons. The maximum Gasteiger partial charge on any atom is 0.0375 e. The fourth-order valence-electron chi connectivity index (χ4n) is 2.42. The summed E-state index contributed by atoms with van der Waals surface area (Å²) in [6.07, 6.45) is 5.17. The summed E-state index contributed by atoms with van der Waals surface area (Å²) in [4.78, 5) is 0. The van der Waals surface area contributed by atoms with Gasteiger partial charge in [0.1, 0.15) is 0 Å². The average molecular weight is 216 g/mol. The second-order valence-electron chi connectivity index (χ2n) is 5.39. The van der Waals surface area contributed by atoms with E-state index >= 15 is 0 Å². The van der Waals surface area contributed by atoms with Crippen molar-refractivity contribution in [3.8, 4) is 0 Å². The number of benzene rings is 1. The number of anilines is 1. The SMILES string of the molecule is CC1(NCc2cccc3c2CCCN3)CC1. The summed E-state index contributed by atoms with van der Waals surface area (Å²) in [7, 11) is 0. The molecule has 1 fully saturated rings. The van der Waals surface area contributed by atoms with Crippen LogP contribution in [-0.4, -0.2) is 12.1 Å². The number of hydrogen-bond donors (Lipinski definition) is 2. The van der Waals surface area contributed by atoms with Crippen molar-refractivity contribution in [3.05, 3.63) is 29.3 Å². The van der Waals surface area contributed by atoms with Crippen LogP contribution in [0.15, 0.2) is 18.2 Å². The maximum absolute atomic E-state index is 3.67. The van der Waals surface area contributed by atoms with Crippen molar-refractivity contribution in [3.63, 3.8) is 0 Å². The first kappa shape index (κ1) is 10.2. The smallest absolute Gasteiger partial charge is 0.0375 e. The van der Waals surface area contributed by atoms with Gasteiger partial charge in [-0.1, -0.05) is 12.1 Å². The Morgan fingerprint density at radius 1 is 1.38 bits per heavy atom. The molecule has 2 heteroatoms. The highest BCUT2D eigenvalue weighted by molar-refractivity contribution is 5.56. The Hall–Kier alpha value is -1.02. The zero-order valence-corrected chi connectivity index (χ0v) is 9.97. The molecule has 0 atom stereocenters. The summed E-state index contributed by atoms with van der Waals surface area (Å²) >= 11 is 0. The van der Waals surface area contributed by atoms with Gasteiger partial charge in [0.15, 0.2) is 0 Å². The van der Waals surface area contributed by atoms with E-state index in [4.69, 9.17) is 0 Å². The van der Waals surface area contributed by atoms with Gasteiger partial charge in [-0.3, -0.25) is 0 Å². The van der Waals surface area contributed by atoms with Crippen LogP contribution in [0.1, 0.15) is 37.3 Å². The molecule has 3 rings (SSSR count). The number of fused-ring (bicyclic) bond motifs is 1. The van der Waals surface area contributed by atoms with Gasteiger partial charge in [0.25, 0.3) is 0 Å². The highest BCUT2D eigenvalue weighted by atomic mass is 15.0. The van der Waals surface area contributed by atoms with E-state index in [1.807, 2.05) is 0 Å². The molecule has 0 unspecified atom stereocenters. The molecule has 1 heterocycles. The molecule has 1 aromatic carbocycles. The lowest BCUT2D eigenvalue weighted by Gasteiger charge is -2.22. The topological polar surface area (TPSA) is 24.1 Å². The van der Waals surface area contributed by atoms with Gasteiger partial charge in [-0.15, -0.1) is 0 Å². The van der Waals surface area contributed by atoms with Gasteiger partial charge in [0.05, 0.1) is 0 Å². The maximum atomic E-state index is 3.67. The Bertz CT molecular complexity index is 394. The van der Waals surface area contributed by atoms with Gasteiger partial charge in [0.2, 0.25) is 0 Å². The number of hydrogen-bond acceptors (Lipinski definition) is 2. The normalized spacial score (nSPS) is 21.1. The van der Waals surface area contributed by atoms with Crippen molar-refractivity contribution >= 4 is 5.69 Å². The lowest BCUT2D eigenvalue weighted by atomic mass is 9.97. The Kier molecular flexibility index (Phi) is 2.40. The van der Waals surface area contributed by atoms with Crippen LogP contribution in [0.25, 0.3) is 0 Å². The summed E-state index contributed by atoms with van der Waals surface area (Å²) in [6, 6.07) is 6.64. The van der Waals surface area contributed by atoms with Crippen molar-refractivity contribution in [1.29, 1.82) is 0 Å². The summed E-state index contributed by atoms with van der Waals surface area (Å²) in [5.74, 6) is 0. The van der Waals surface area contributed by atoms with Crippen molar-refractivity contribution in [2.45, 2.75) is 44.7 Å². The molecule has 1 aromatic rings. The summed E-state index contributed by atoms with van der Waals surface area (Å²) in [5.41, 5.74) is 4.81. The molecule has 1 aliphatic carbocycles. The third kappa shape index (κ3) is 1.94. The lowest BCUT2D eigenvalue weighted by molar-refractivity contribution is 0.535. The van der Waals surface area contributed by atoms with Gasteiger partial charge in [0, 0.05) is 24.3 Å². The third-order valence-electron chi connectivity index (χ3n) is 3.90. The van der Waals surface area contributed by atoms with Crippen molar-refractivity contribution in [2.24, 2.45) is 0 Å². The van der Waals surface area contributed by atoms with Gasteiger partial charge in [-0.2, -0.15) is 0 Å². The average Bonchev–Trinajstić information content (AvgIpc) is 3.05. The minimum absolute atomic E-state index is 0.435. The third-order valence-corrected chi connectivity index (χ3v) is 3.90. The largest absolute Gasteiger partial charge is 0.385 e. The van der Waals surface area contributed by atoms with E-state index < -0.39 is 0 Å². The molecule has 16 heavy (non-hydrogen) atoms. The van der Waals surface area contributed by atoms with Gasteiger partial charge in [-0.25, -0.2) is 0 Å². The molecule has 0 saturated heterocycles. The van der Waals surface area contributed by atoms with E-state index in [1.165, 1.54) is 42.5 Å². The quantitative estimate of drug-likeness (QED) is 0.811. The van der Waals surface area contributed by atoms with Gasteiger partial charge < -0.3 is 10.6 Å². The van der Waals surface area contributed by atoms with Crippen LogP contribution in [0.5, 0.6) is 0 Å². The van der Waals surface area contributed by atoms with Gasteiger partial charge in [-0.05, 0) is 49.8 Å². The van der Waals surface area contributed by atoms with Crippen LogP contribution >= 0.6 is 0 Å². The van der Waals surface area contributed by atoms with Crippen molar-refractivity contribution < 1.29 is 0 Å². The van der Waals surface area contributed by atoms with Crippen LogP contribution in [0.3, 0.4) is 0 Å². The standard InChI is InChI=1S/C14H20N2/c1-14(7-8-14)16-10-11-4-2-6-13-12(11)5-3-9-15-13/h2,4,6,15-16H,3,5,7-10H2,1H3. The Balaban J connectivity index is 1.78. The Morgan fingerprint density at radius 3 is 3.06 bits per heavy atom. The summed E-state index contributed by atoms with van der Waals surface area (Å²) in [6.45, 7) is 4.48. The Labute approximate surface area is 97.4 Å². The molecule has 1 saturated carbocycles.